The van der Waals surface area contributed by atoms with E-state index in [0.717, 1.165) is 25.7 Å². The lowest BCUT2D eigenvalue weighted by Gasteiger charge is -2.33. The van der Waals surface area contributed by atoms with Crippen molar-refractivity contribution in [2.45, 2.75) is 50.2 Å². The molecule has 1 unspecified atom stereocenters. The predicted molar refractivity (Wildman–Crippen MR) is 68.8 cm³/mol. The molecule has 1 atom stereocenters. The van der Waals surface area contributed by atoms with E-state index in [-0.39, 0.29) is 11.6 Å². The summed E-state index contributed by atoms with van der Waals surface area (Å²) >= 11 is 1.82. The zero-order valence-electron chi connectivity index (χ0n) is 9.95. The van der Waals surface area contributed by atoms with Gasteiger partial charge in [-0.3, -0.25) is 0 Å². The molecule has 16 heavy (non-hydrogen) atoms. The van der Waals surface area contributed by atoms with Crippen LogP contribution >= 0.6 is 11.3 Å². The highest BCUT2D eigenvalue weighted by Crippen LogP contribution is 2.36. The second-order valence-corrected chi connectivity index (χ2v) is 5.73. The number of methoxy groups -OCH3 is 1. The van der Waals surface area contributed by atoms with Crippen molar-refractivity contribution >= 4 is 11.3 Å². The van der Waals surface area contributed by atoms with Crippen LogP contribution in [0.3, 0.4) is 0 Å². The minimum atomic E-state index is -0.0305. The quantitative estimate of drug-likeness (QED) is 0.857. The minimum absolute atomic E-state index is 0.0305. The van der Waals surface area contributed by atoms with Crippen molar-refractivity contribution in [3.63, 3.8) is 0 Å². The van der Waals surface area contributed by atoms with E-state index in [9.17, 15) is 0 Å². The standard InChI is InChI=1S/C13H21NOS/c1-15-13(8-2-3-9-13)12(14)7-6-11-5-4-10-16-11/h4-5,10,12H,2-3,6-9,14H2,1H3. The van der Waals surface area contributed by atoms with Crippen molar-refractivity contribution in [3.8, 4) is 0 Å². The summed E-state index contributed by atoms with van der Waals surface area (Å²) in [5.74, 6) is 0. The van der Waals surface area contributed by atoms with Gasteiger partial charge in [-0.25, -0.2) is 0 Å². The highest BCUT2D eigenvalue weighted by molar-refractivity contribution is 7.09. The van der Waals surface area contributed by atoms with E-state index < -0.39 is 0 Å². The second kappa shape index (κ2) is 5.30. The molecule has 1 aromatic heterocycles. The zero-order valence-corrected chi connectivity index (χ0v) is 10.8. The average Bonchev–Trinajstić information content (AvgIpc) is 2.97. The van der Waals surface area contributed by atoms with Crippen LogP contribution in [0.25, 0.3) is 0 Å². The first-order valence-electron chi connectivity index (χ1n) is 6.10. The fourth-order valence-electron chi connectivity index (χ4n) is 2.72. The lowest BCUT2D eigenvalue weighted by molar-refractivity contribution is -0.0272. The smallest absolute Gasteiger partial charge is 0.0828 e. The normalized spacial score (nSPS) is 21.1. The molecule has 2 nitrogen and oxygen atoms in total. The summed E-state index contributed by atoms with van der Waals surface area (Å²) in [6.45, 7) is 0. The van der Waals surface area contributed by atoms with Crippen LogP contribution < -0.4 is 5.73 Å². The zero-order chi connectivity index (χ0) is 11.4. The van der Waals surface area contributed by atoms with Gasteiger partial charge in [0.15, 0.2) is 0 Å². The van der Waals surface area contributed by atoms with Gasteiger partial charge >= 0.3 is 0 Å². The van der Waals surface area contributed by atoms with Crippen LogP contribution in [0.2, 0.25) is 0 Å². The fraction of sp³-hybridized carbons (Fsp3) is 0.692. The van der Waals surface area contributed by atoms with E-state index in [0.29, 0.717) is 0 Å². The van der Waals surface area contributed by atoms with Crippen LogP contribution in [0.4, 0.5) is 0 Å². The van der Waals surface area contributed by atoms with E-state index >= 15 is 0 Å². The van der Waals surface area contributed by atoms with E-state index in [1.54, 1.807) is 0 Å². The molecule has 1 aliphatic rings. The summed E-state index contributed by atoms with van der Waals surface area (Å²) < 4.78 is 5.71. The van der Waals surface area contributed by atoms with E-state index in [2.05, 4.69) is 17.5 Å². The Morgan fingerprint density at radius 2 is 2.25 bits per heavy atom. The first kappa shape index (κ1) is 12.1. The van der Waals surface area contributed by atoms with Crippen molar-refractivity contribution in [2.24, 2.45) is 5.73 Å². The minimum Gasteiger partial charge on any atom is -0.377 e. The SMILES string of the molecule is COC1(C(N)CCc2cccs2)CCCC1. The van der Waals surface area contributed by atoms with E-state index in [1.165, 1.54) is 17.7 Å². The Labute approximate surface area is 102 Å². The molecule has 0 spiro atoms. The van der Waals surface area contributed by atoms with Crippen LogP contribution in [-0.4, -0.2) is 18.8 Å². The van der Waals surface area contributed by atoms with Gasteiger partial charge in [-0.05, 0) is 37.1 Å². The Balaban J connectivity index is 1.89. The van der Waals surface area contributed by atoms with Gasteiger partial charge in [0.2, 0.25) is 0 Å². The molecule has 2 N–H and O–H groups in total. The van der Waals surface area contributed by atoms with Gasteiger partial charge in [-0.1, -0.05) is 18.9 Å². The molecule has 90 valence electrons. The lowest BCUT2D eigenvalue weighted by Crippen LogP contribution is -2.47. The molecule has 1 aliphatic carbocycles. The van der Waals surface area contributed by atoms with Gasteiger partial charge in [-0.2, -0.15) is 0 Å². The van der Waals surface area contributed by atoms with Crippen LogP contribution in [0.1, 0.15) is 37.0 Å². The third-order valence-corrected chi connectivity index (χ3v) is 4.75. The van der Waals surface area contributed by atoms with Gasteiger partial charge in [0.1, 0.15) is 0 Å². The van der Waals surface area contributed by atoms with Crippen LogP contribution in [0, 0.1) is 0 Å². The largest absolute Gasteiger partial charge is 0.377 e. The molecule has 1 aromatic rings. The molecule has 1 heterocycles. The maximum absolute atomic E-state index is 6.32. The van der Waals surface area contributed by atoms with Gasteiger partial charge < -0.3 is 10.5 Å². The third kappa shape index (κ3) is 2.47. The van der Waals surface area contributed by atoms with Crippen molar-refractivity contribution < 1.29 is 4.74 Å². The molecular weight excluding hydrogens is 218 g/mol. The summed E-state index contributed by atoms with van der Waals surface area (Å²) in [6, 6.07) is 4.47. The maximum atomic E-state index is 6.32. The number of hydrogen-bond donors (Lipinski definition) is 1. The first-order valence-corrected chi connectivity index (χ1v) is 6.98. The molecule has 3 heteroatoms. The summed E-state index contributed by atoms with van der Waals surface area (Å²) in [5, 5.41) is 2.13. The third-order valence-electron chi connectivity index (χ3n) is 3.81. The van der Waals surface area contributed by atoms with Gasteiger partial charge in [0.05, 0.1) is 5.60 Å². The highest BCUT2D eigenvalue weighted by atomic mass is 32.1. The first-order chi connectivity index (χ1) is 7.77. The Kier molecular flexibility index (Phi) is 4.00. The molecule has 0 radical (unpaired) electrons. The van der Waals surface area contributed by atoms with Crippen LogP contribution in [0.5, 0.6) is 0 Å². The van der Waals surface area contributed by atoms with Crippen molar-refractivity contribution in [1.29, 1.82) is 0 Å². The second-order valence-electron chi connectivity index (χ2n) is 4.70. The number of aryl methyl sites for hydroxylation is 1. The Morgan fingerprint density at radius 3 is 2.81 bits per heavy atom. The summed E-state index contributed by atoms with van der Waals surface area (Å²) in [6.07, 6.45) is 6.92. The molecule has 0 bridgehead atoms. The monoisotopic (exact) mass is 239 g/mol. The van der Waals surface area contributed by atoms with E-state index in [4.69, 9.17) is 10.5 Å². The number of thiophene rings is 1. The van der Waals surface area contributed by atoms with Gasteiger partial charge in [0, 0.05) is 18.0 Å². The van der Waals surface area contributed by atoms with Crippen LogP contribution in [-0.2, 0) is 11.2 Å². The van der Waals surface area contributed by atoms with Crippen molar-refractivity contribution in [1.82, 2.24) is 0 Å². The molecule has 1 saturated carbocycles. The van der Waals surface area contributed by atoms with E-state index in [1.807, 2.05) is 18.4 Å². The molecule has 0 amide bonds. The average molecular weight is 239 g/mol. The molecule has 0 aliphatic heterocycles. The number of hydrogen-bond acceptors (Lipinski definition) is 3. The highest BCUT2D eigenvalue weighted by Gasteiger charge is 2.39. The van der Waals surface area contributed by atoms with Gasteiger partial charge in [0.25, 0.3) is 0 Å². The maximum Gasteiger partial charge on any atom is 0.0828 e. The van der Waals surface area contributed by atoms with Crippen LogP contribution in [0.15, 0.2) is 17.5 Å². The lowest BCUT2D eigenvalue weighted by atomic mass is 9.89. The fourth-order valence-corrected chi connectivity index (χ4v) is 3.44. The molecule has 0 saturated heterocycles. The Bertz CT molecular complexity index is 304. The summed E-state index contributed by atoms with van der Waals surface area (Å²) in [7, 11) is 1.82. The molecule has 2 rings (SSSR count). The topological polar surface area (TPSA) is 35.2 Å². The molecular formula is C13H21NOS. The Morgan fingerprint density at radius 1 is 1.50 bits per heavy atom. The Hall–Kier alpha value is -0.380. The number of nitrogens with two attached hydrogens (primary N) is 1. The number of rotatable bonds is 5. The molecule has 1 fully saturated rings. The van der Waals surface area contributed by atoms with Crippen molar-refractivity contribution in [2.75, 3.05) is 7.11 Å². The van der Waals surface area contributed by atoms with Gasteiger partial charge in [-0.15, -0.1) is 11.3 Å². The van der Waals surface area contributed by atoms with Crippen molar-refractivity contribution in [3.05, 3.63) is 22.4 Å². The summed E-state index contributed by atoms with van der Waals surface area (Å²) in [4.78, 5) is 1.43. The predicted octanol–water partition coefficient (Wildman–Crippen LogP) is 2.97. The molecule has 0 aromatic carbocycles. The summed E-state index contributed by atoms with van der Waals surface area (Å²) in [5.41, 5.74) is 6.29. The number of ether oxygens (including phenoxy) is 1.